The van der Waals surface area contributed by atoms with Crippen LogP contribution in [0.5, 0.6) is 17.4 Å². The molecule has 58 heavy (non-hydrogen) atoms. The predicted octanol–water partition coefficient (Wildman–Crippen LogP) is 6.19. The number of allylic oxidation sites excluding steroid dienone is 1. The van der Waals surface area contributed by atoms with Gasteiger partial charge in [0.25, 0.3) is 5.91 Å². The molecular weight excluding hydrogens is 787 g/mol. The topological polar surface area (TPSA) is 157 Å². The third-order valence-corrected chi connectivity index (χ3v) is 12.9. The zero-order valence-electron chi connectivity index (χ0n) is 33.4. The SMILES string of the molecule is COc1ccc2c(O[C@@H]3C[C@H]4C(=O)N[C@]5(C(=O)NSC6(CF)CC6)C[C@H]5/C=C\CC[C@@H](C)C[C@@H](C)[C@H](NC(=O)OC(C)(C)C(F)(F)F)C(=O)N4C3)ncc(OC)c2c1. The molecule has 2 aliphatic carbocycles. The zero-order chi connectivity index (χ0) is 42.2. The third kappa shape index (κ3) is 9.05. The molecule has 0 spiro atoms. The lowest BCUT2D eigenvalue weighted by atomic mass is 9.88. The molecular formula is C40H51F4N5O8S. The van der Waals surface area contributed by atoms with Gasteiger partial charge in [-0.2, -0.15) is 13.2 Å². The number of rotatable bonds is 10. The van der Waals surface area contributed by atoms with E-state index in [9.17, 15) is 36.7 Å². The van der Waals surface area contributed by atoms with Crippen molar-refractivity contribution in [3.05, 3.63) is 36.5 Å². The van der Waals surface area contributed by atoms with Gasteiger partial charge in [0, 0.05) is 23.1 Å². The number of hydrogen-bond donors (Lipinski definition) is 3. The largest absolute Gasteiger partial charge is 0.497 e. The Bertz CT molecular complexity index is 1930. The summed E-state index contributed by atoms with van der Waals surface area (Å²) in [5.74, 6) is -1.71. The summed E-state index contributed by atoms with van der Waals surface area (Å²) >= 11 is 1.01. The monoisotopic (exact) mass is 837 g/mol. The lowest BCUT2D eigenvalue weighted by Gasteiger charge is -2.34. The van der Waals surface area contributed by atoms with E-state index in [4.69, 9.17) is 18.9 Å². The highest BCUT2D eigenvalue weighted by Gasteiger charge is 2.62. The van der Waals surface area contributed by atoms with Crippen molar-refractivity contribution >= 4 is 46.5 Å². The van der Waals surface area contributed by atoms with Crippen molar-refractivity contribution in [1.82, 2.24) is 25.2 Å². The van der Waals surface area contributed by atoms with Gasteiger partial charge in [0.1, 0.15) is 41.9 Å². The number of carbonyl (C=O) groups is 4. The number of carbonyl (C=O) groups excluding carboxylic acids is 4. The summed E-state index contributed by atoms with van der Waals surface area (Å²) in [4.78, 5) is 62.0. The van der Waals surface area contributed by atoms with Crippen LogP contribution >= 0.6 is 11.9 Å². The Balaban J connectivity index is 1.34. The quantitative estimate of drug-likeness (QED) is 0.143. The molecule has 1 saturated heterocycles. The minimum atomic E-state index is -4.90. The molecule has 3 fully saturated rings. The van der Waals surface area contributed by atoms with Gasteiger partial charge in [-0.25, -0.2) is 14.2 Å². The molecule has 0 bridgehead atoms. The van der Waals surface area contributed by atoms with Crippen molar-refractivity contribution in [2.45, 2.75) is 113 Å². The van der Waals surface area contributed by atoms with Crippen LogP contribution in [0.1, 0.15) is 72.6 Å². The van der Waals surface area contributed by atoms with Gasteiger partial charge in [0.15, 0.2) is 0 Å². The fourth-order valence-electron chi connectivity index (χ4n) is 7.62. The maximum absolute atomic E-state index is 14.8. The maximum Gasteiger partial charge on any atom is 0.427 e. The third-order valence-electron chi connectivity index (χ3n) is 11.7. The molecule has 1 aromatic carbocycles. The summed E-state index contributed by atoms with van der Waals surface area (Å²) in [7, 11) is 3.01. The first kappa shape index (κ1) is 43.1. The number of nitrogens with zero attached hydrogens (tertiary/aromatic N) is 2. The Kier molecular flexibility index (Phi) is 12.4. The lowest BCUT2D eigenvalue weighted by molar-refractivity contribution is -0.244. The first-order chi connectivity index (χ1) is 27.4. The highest BCUT2D eigenvalue weighted by atomic mass is 32.2. The predicted molar refractivity (Wildman–Crippen MR) is 207 cm³/mol. The Labute approximate surface area is 338 Å². The Morgan fingerprint density at radius 1 is 1.09 bits per heavy atom. The second-order valence-electron chi connectivity index (χ2n) is 16.5. The van der Waals surface area contributed by atoms with Gasteiger partial charge < -0.3 is 34.5 Å². The molecule has 2 aromatic rings. The first-order valence-electron chi connectivity index (χ1n) is 19.4. The van der Waals surface area contributed by atoms with Crippen LogP contribution in [0.25, 0.3) is 10.8 Å². The molecule has 3 N–H and O–H groups in total. The summed E-state index contributed by atoms with van der Waals surface area (Å²) in [6.07, 6.45) is 1.20. The van der Waals surface area contributed by atoms with Gasteiger partial charge in [0.2, 0.25) is 23.3 Å². The number of ether oxygens (including phenoxy) is 4. The van der Waals surface area contributed by atoms with Crippen molar-refractivity contribution in [2.75, 3.05) is 27.4 Å². The molecule has 2 saturated carbocycles. The maximum atomic E-state index is 14.8. The van der Waals surface area contributed by atoms with Crippen LogP contribution < -0.4 is 29.6 Å². The van der Waals surface area contributed by atoms with Gasteiger partial charge in [-0.05, 0) is 94.4 Å². The molecule has 4 aliphatic rings. The average molecular weight is 838 g/mol. The van der Waals surface area contributed by atoms with Crippen LogP contribution in [0.2, 0.25) is 0 Å². The van der Waals surface area contributed by atoms with E-state index in [1.54, 1.807) is 25.1 Å². The molecule has 0 radical (unpaired) electrons. The number of amides is 4. The summed E-state index contributed by atoms with van der Waals surface area (Å²) in [6, 6.07) is 2.55. The number of aromatic nitrogens is 1. The molecule has 6 rings (SSSR count). The molecule has 13 nitrogen and oxygen atoms in total. The second kappa shape index (κ2) is 16.6. The van der Waals surface area contributed by atoms with Crippen molar-refractivity contribution in [1.29, 1.82) is 0 Å². The van der Waals surface area contributed by atoms with Crippen LogP contribution in [0.3, 0.4) is 0 Å². The molecule has 3 heterocycles. The minimum absolute atomic E-state index is 0.00173. The normalized spacial score (nSPS) is 29.1. The van der Waals surface area contributed by atoms with Crippen LogP contribution in [0.15, 0.2) is 36.5 Å². The second-order valence-corrected chi connectivity index (χ2v) is 17.8. The number of alkyl carbamates (subject to hydrolysis) is 1. The van der Waals surface area contributed by atoms with Crippen molar-refractivity contribution in [3.8, 4) is 17.4 Å². The zero-order valence-corrected chi connectivity index (χ0v) is 34.2. The number of halogens is 4. The highest BCUT2D eigenvalue weighted by molar-refractivity contribution is 7.99. The van der Waals surface area contributed by atoms with E-state index in [1.807, 2.05) is 19.1 Å². The van der Waals surface area contributed by atoms with Crippen molar-refractivity contribution in [3.63, 3.8) is 0 Å². The van der Waals surface area contributed by atoms with Gasteiger partial charge >= 0.3 is 12.3 Å². The molecule has 7 atom stereocenters. The minimum Gasteiger partial charge on any atom is -0.497 e. The Morgan fingerprint density at radius 3 is 2.48 bits per heavy atom. The van der Waals surface area contributed by atoms with Gasteiger partial charge in [-0.3, -0.25) is 19.1 Å². The Morgan fingerprint density at radius 2 is 1.83 bits per heavy atom. The first-order valence-corrected chi connectivity index (χ1v) is 20.2. The number of pyridine rings is 1. The lowest BCUT2D eigenvalue weighted by Crippen LogP contribution is -2.59. The molecule has 318 valence electrons. The summed E-state index contributed by atoms with van der Waals surface area (Å²) in [5.41, 5.74) is -4.25. The molecule has 0 unspecified atom stereocenters. The number of hydrogen-bond acceptors (Lipinski definition) is 10. The van der Waals surface area contributed by atoms with E-state index in [0.717, 1.165) is 11.9 Å². The van der Waals surface area contributed by atoms with Crippen molar-refractivity contribution < 1.29 is 55.7 Å². The van der Waals surface area contributed by atoms with Crippen LogP contribution in [0, 0.1) is 17.8 Å². The van der Waals surface area contributed by atoms with Gasteiger partial charge in [-0.1, -0.05) is 26.0 Å². The van der Waals surface area contributed by atoms with E-state index in [-0.39, 0.29) is 37.1 Å². The smallest absolute Gasteiger partial charge is 0.427 e. The molecule has 2 aliphatic heterocycles. The van der Waals surface area contributed by atoms with Crippen LogP contribution in [-0.2, 0) is 19.1 Å². The van der Waals surface area contributed by atoms with Crippen LogP contribution in [0.4, 0.5) is 22.4 Å². The summed E-state index contributed by atoms with van der Waals surface area (Å²) in [6.45, 7) is 4.30. The van der Waals surface area contributed by atoms with Crippen LogP contribution in [-0.4, -0.2) is 101 Å². The molecule has 18 heteroatoms. The fourth-order valence-corrected chi connectivity index (χ4v) is 8.47. The number of alkyl halides is 4. The number of benzene rings is 1. The van der Waals surface area contributed by atoms with Gasteiger partial charge in [-0.15, -0.1) is 0 Å². The van der Waals surface area contributed by atoms with E-state index >= 15 is 0 Å². The van der Waals surface area contributed by atoms with E-state index < -0.39 is 76.7 Å². The summed E-state index contributed by atoms with van der Waals surface area (Å²) in [5, 5.41) is 6.52. The number of nitrogens with one attached hydrogen (secondary N) is 3. The van der Waals surface area contributed by atoms with Gasteiger partial charge in [0.05, 0.1) is 31.7 Å². The Hall–Kier alpha value is -4.48. The van der Waals surface area contributed by atoms with E-state index in [2.05, 4.69) is 20.3 Å². The van der Waals surface area contributed by atoms with E-state index in [0.29, 0.717) is 68.2 Å². The standard InChI is InChI=1S/C40H51F4N5O8S/c1-22-9-7-8-10-24-18-39(24,35(52)48-58-38(21-41)13-14-38)47-32(50)29-17-26(56-33-27-12-11-25(54-5)16-28(27)30(55-6)19-45-33)20-49(29)34(51)31(23(2)15-22)46-36(53)57-37(3,4)40(42,43)44/h8,10-12,16,19,22-24,26,29,31H,7,9,13-15,17-18,20-21H2,1-6H3,(H,46,53)(H,47,50)(H,48,52)/b10-8-/t22-,23-,24-,26-,29+,31+,39-/m1/s1. The summed E-state index contributed by atoms with van der Waals surface area (Å²) < 4.78 is 79.2. The molecule has 4 amide bonds. The van der Waals surface area contributed by atoms with Crippen molar-refractivity contribution in [2.24, 2.45) is 17.8 Å². The highest BCUT2D eigenvalue weighted by Crippen LogP contribution is 2.50. The molecule has 1 aromatic heterocycles. The van der Waals surface area contributed by atoms with E-state index in [1.165, 1.54) is 25.3 Å². The number of fused-ring (bicyclic) bond motifs is 3. The average Bonchev–Trinajstić information content (AvgIpc) is 4.07. The fraction of sp³-hybridized carbons (Fsp3) is 0.625. The number of methoxy groups -OCH3 is 2.